The molecule has 0 aliphatic carbocycles. The van der Waals surface area contributed by atoms with Crippen LogP contribution in [-0.4, -0.2) is 29.1 Å². The number of urea groups is 1. The molecule has 0 radical (unpaired) electrons. The highest BCUT2D eigenvalue weighted by Gasteiger charge is 2.24. The largest absolute Gasteiger partial charge is 0.481 e. The number of carbonyl (C=O) groups is 3. The summed E-state index contributed by atoms with van der Waals surface area (Å²) in [6.45, 7) is 2.71. The molecule has 1 fully saturated rings. The number of hydrogen-bond acceptors (Lipinski definition) is 3. The summed E-state index contributed by atoms with van der Waals surface area (Å²) in [5, 5.41) is 11.9. The van der Waals surface area contributed by atoms with E-state index in [1.165, 1.54) is 0 Å². The van der Waals surface area contributed by atoms with Gasteiger partial charge in [0.25, 0.3) is 5.97 Å². The van der Waals surface area contributed by atoms with Crippen molar-refractivity contribution in [2.75, 3.05) is 0 Å². The summed E-state index contributed by atoms with van der Waals surface area (Å²) >= 11 is 0. The summed E-state index contributed by atoms with van der Waals surface area (Å²) in [5.41, 5.74) is 0. The SMILES string of the molecule is CC(=O)O.CC1NC(=O)NC1=O. The molecule has 68 valence electrons. The number of aliphatic carboxylic acids is 1. The first kappa shape index (κ1) is 10.4. The fraction of sp³-hybridized carbons (Fsp3) is 0.500. The Morgan fingerprint density at radius 3 is 2.00 bits per heavy atom. The van der Waals surface area contributed by atoms with Crippen LogP contribution in [0.1, 0.15) is 13.8 Å². The van der Waals surface area contributed by atoms with Crippen molar-refractivity contribution in [1.82, 2.24) is 10.6 Å². The van der Waals surface area contributed by atoms with E-state index in [-0.39, 0.29) is 11.9 Å². The molecule has 1 saturated heterocycles. The Morgan fingerprint density at radius 2 is 1.92 bits per heavy atom. The molecule has 6 heteroatoms. The van der Waals surface area contributed by atoms with Crippen LogP contribution in [0.3, 0.4) is 0 Å². The predicted octanol–water partition coefficient (Wildman–Crippen LogP) is -0.695. The monoisotopic (exact) mass is 174 g/mol. The number of nitrogens with one attached hydrogen (secondary N) is 2. The number of carbonyl (C=O) groups excluding carboxylic acids is 2. The van der Waals surface area contributed by atoms with Crippen LogP contribution in [0.15, 0.2) is 0 Å². The van der Waals surface area contributed by atoms with E-state index in [4.69, 9.17) is 9.90 Å². The molecule has 0 bridgehead atoms. The van der Waals surface area contributed by atoms with E-state index in [2.05, 4.69) is 10.6 Å². The van der Waals surface area contributed by atoms with Crippen molar-refractivity contribution in [1.29, 1.82) is 0 Å². The molecule has 0 aromatic carbocycles. The summed E-state index contributed by atoms with van der Waals surface area (Å²) < 4.78 is 0. The maximum Gasteiger partial charge on any atom is 0.322 e. The quantitative estimate of drug-likeness (QED) is 0.423. The fourth-order valence-corrected chi connectivity index (χ4v) is 0.518. The van der Waals surface area contributed by atoms with Gasteiger partial charge >= 0.3 is 6.03 Å². The molecule has 3 N–H and O–H groups in total. The maximum atomic E-state index is 10.4. The van der Waals surface area contributed by atoms with E-state index in [0.29, 0.717) is 0 Å². The maximum absolute atomic E-state index is 10.4. The van der Waals surface area contributed by atoms with E-state index < -0.39 is 12.0 Å². The van der Waals surface area contributed by atoms with Crippen molar-refractivity contribution >= 4 is 17.9 Å². The van der Waals surface area contributed by atoms with Crippen molar-refractivity contribution in [3.05, 3.63) is 0 Å². The van der Waals surface area contributed by atoms with Gasteiger partial charge in [-0.25, -0.2) is 4.79 Å². The molecule has 0 spiro atoms. The van der Waals surface area contributed by atoms with Gasteiger partial charge in [-0.3, -0.25) is 14.9 Å². The third kappa shape index (κ3) is 4.26. The molecule has 3 amide bonds. The molecule has 1 heterocycles. The van der Waals surface area contributed by atoms with E-state index in [0.717, 1.165) is 6.92 Å². The summed E-state index contributed by atoms with van der Waals surface area (Å²) in [6.07, 6.45) is 0. The average Bonchev–Trinajstić information content (AvgIpc) is 2.08. The Bertz CT molecular complexity index is 210. The molecule has 0 aromatic heterocycles. The van der Waals surface area contributed by atoms with Crippen molar-refractivity contribution in [3.63, 3.8) is 0 Å². The van der Waals surface area contributed by atoms with Crippen LogP contribution < -0.4 is 10.6 Å². The summed E-state index contributed by atoms with van der Waals surface area (Å²) in [7, 11) is 0. The lowest BCUT2D eigenvalue weighted by Crippen LogP contribution is -2.24. The van der Waals surface area contributed by atoms with E-state index >= 15 is 0 Å². The van der Waals surface area contributed by atoms with Gasteiger partial charge in [-0.05, 0) is 6.92 Å². The highest BCUT2D eigenvalue weighted by molar-refractivity contribution is 6.03. The van der Waals surface area contributed by atoms with Gasteiger partial charge in [-0.1, -0.05) is 0 Å². The van der Waals surface area contributed by atoms with Crippen molar-refractivity contribution in [3.8, 4) is 0 Å². The average molecular weight is 174 g/mol. The topological polar surface area (TPSA) is 95.5 Å². The van der Waals surface area contributed by atoms with Gasteiger partial charge in [0.05, 0.1) is 0 Å². The molecule has 1 aliphatic rings. The number of amides is 3. The van der Waals surface area contributed by atoms with Crippen LogP contribution >= 0.6 is 0 Å². The molecular formula is C6H10N2O4. The highest BCUT2D eigenvalue weighted by Crippen LogP contribution is 1.88. The number of imide groups is 1. The lowest BCUT2D eigenvalue weighted by atomic mass is 10.4. The molecule has 6 nitrogen and oxygen atoms in total. The van der Waals surface area contributed by atoms with Crippen molar-refractivity contribution in [2.24, 2.45) is 0 Å². The van der Waals surface area contributed by atoms with Crippen LogP contribution in [0, 0.1) is 0 Å². The Morgan fingerprint density at radius 1 is 1.50 bits per heavy atom. The van der Waals surface area contributed by atoms with Gasteiger partial charge in [0.2, 0.25) is 5.91 Å². The van der Waals surface area contributed by atoms with Gasteiger partial charge in [0, 0.05) is 6.92 Å². The molecule has 0 saturated carbocycles. The Labute approximate surface area is 68.9 Å². The lowest BCUT2D eigenvalue weighted by Gasteiger charge is -1.91. The first-order valence-electron chi connectivity index (χ1n) is 3.24. The first-order chi connectivity index (χ1) is 5.43. The minimum Gasteiger partial charge on any atom is -0.481 e. The third-order valence-electron chi connectivity index (χ3n) is 0.978. The van der Waals surface area contributed by atoms with E-state index in [1.54, 1.807) is 6.92 Å². The molecule has 1 rings (SSSR count). The standard InChI is InChI=1S/C4H6N2O2.C2H4O2/c1-2-3(7)6-4(8)5-2;1-2(3)4/h2H,1H3,(H2,5,6,7,8);1H3,(H,3,4). The predicted molar refractivity (Wildman–Crippen MR) is 39.4 cm³/mol. The fourth-order valence-electron chi connectivity index (χ4n) is 0.518. The summed E-state index contributed by atoms with van der Waals surface area (Å²) in [6, 6.07) is -0.759. The zero-order chi connectivity index (χ0) is 9.72. The van der Waals surface area contributed by atoms with Gasteiger partial charge < -0.3 is 10.4 Å². The van der Waals surface area contributed by atoms with Crippen molar-refractivity contribution < 1.29 is 19.5 Å². The Balaban J connectivity index is 0.000000261. The second kappa shape index (κ2) is 4.32. The molecule has 1 unspecified atom stereocenters. The molecule has 1 aliphatic heterocycles. The van der Waals surface area contributed by atoms with Crippen molar-refractivity contribution in [2.45, 2.75) is 19.9 Å². The van der Waals surface area contributed by atoms with Gasteiger partial charge in [-0.2, -0.15) is 0 Å². The first-order valence-corrected chi connectivity index (χ1v) is 3.24. The van der Waals surface area contributed by atoms with E-state index in [1.807, 2.05) is 0 Å². The molecule has 1 atom stereocenters. The van der Waals surface area contributed by atoms with Gasteiger partial charge in [-0.15, -0.1) is 0 Å². The van der Waals surface area contributed by atoms with Crippen LogP contribution in [0.5, 0.6) is 0 Å². The summed E-state index contributed by atoms with van der Waals surface area (Å²) in [5.74, 6) is -1.09. The summed E-state index contributed by atoms with van der Waals surface area (Å²) in [4.78, 5) is 29.6. The number of carboxylic acids is 1. The minimum atomic E-state index is -0.833. The number of hydrogen-bond donors (Lipinski definition) is 3. The smallest absolute Gasteiger partial charge is 0.322 e. The molecule has 0 aromatic rings. The highest BCUT2D eigenvalue weighted by atomic mass is 16.4. The molecule has 12 heavy (non-hydrogen) atoms. The Kier molecular flexibility index (Phi) is 3.75. The van der Waals surface area contributed by atoms with Crippen LogP contribution in [0.4, 0.5) is 4.79 Å². The van der Waals surface area contributed by atoms with Crippen LogP contribution in [-0.2, 0) is 9.59 Å². The third-order valence-corrected chi connectivity index (χ3v) is 0.978. The van der Waals surface area contributed by atoms with Crippen LogP contribution in [0.2, 0.25) is 0 Å². The number of carboxylic acid groups (broad SMARTS) is 1. The zero-order valence-corrected chi connectivity index (χ0v) is 6.75. The Hall–Kier alpha value is -1.59. The normalized spacial score (nSPS) is 20.3. The minimum absolute atomic E-state index is 0.255. The van der Waals surface area contributed by atoms with E-state index in [9.17, 15) is 9.59 Å². The molecular weight excluding hydrogens is 164 g/mol. The van der Waals surface area contributed by atoms with Gasteiger partial charge in [0.15, 0.2) is 0 Å². The van der Waals surface area contributed by atoms with Crippen LogP contribution in [0.25, 0.3) is 0 Å². The second-order valence-electron chi connectivity index (χ2n) is 2.20. The van der Waals surface area contributed by atoms with Gasteiger partial charge in [0.1, 0.15) is 6.04 Å². The lowest BCUT2D eigenvalue weighted by molar-refractivity contribution is -0.134. The zero-order valence-electron chi connectivity index (χ0n) is 6.75. The number of rotatable bonds is 0. The second-order valence-corrected chi connectivity index (χ2v) is 2.20.